The maximum Gasteiger partial charge on any atom is 0.305 e. The molecule has 0 bridgehead atoms. The van der Waals surface area contributed by atoms with E-state index in [2.05, 4.69) is 0 Å². The monoisotopic (exact) mass is 244 g/mol. The number of carbonyl (C=O) groups is 3. The summed E-state index contributed by atoms with van der Waals surface area (Å²) in [7, 11) is 0. The fourth-order valence-electron chi connectivity index (χ4n) is 1.65. The molecule has 1 fully saturated rings. The van der Waals surface area contributed by atoms with Gasteiger partial charge in [0.1, 0.15) is 6.10 Å². The van der Waals surface area contributed by atoms with E-state index in [9.17, 15) is 14.4 Å². The molecule has 0 aromatic heterocycles. The minimum atomic E-state index is -0.989. The maximum atomic E-state index is 11.5. The smallest absolute Gasteiger partial charge is 0.305 e. The Bertz CT molecular complexity index is 300. The summed E-state index contributed by atoms with van der Waals surface area (Å²) in [6.07, 6.45) is -1.82. The number of esters is 2. The number of ketones is 1. The van der Waals surface area contributed by atoms with E-state index in [0.29, 0.717) is 6.42 Å². The Balaban J connectivity index is 2.67. The van der Waals surface area contributed by atoms with E-state index in [0.717, 1.165) is 0 Å². The fourth-order valence-corrected chi connectivity index (χ4v) is 1.65. The number of Topliss-reactive ketones (excluding diaryl/α,β-unsaturated/α-hetero) is 1. The molecule has 1 heterocycles. The Kier molecular flexibility index (Phi) is 4.62. The van der Waals surface area contributed by atoms with Crippen molar-refractivity contribution >= 4 is 17.7 Å². The van der Waals surface area contributed by atoms with Crippen LogP contribution in [0.3, 0.4) is 0 Å². The van der Waals surface area contributed by atoms with Gasteiger partial charge in [0, 0.05) is 26.7 Å². The van der Waals surface area contributed by atoms with Crippen LogP contribution in [0.1, 0.15) is 33.6 Å². The Labute approximate surface area is 99.2 Å². The van der Waals surface area contributed by atoms with E-state index in [1.54, 1.807) is 6.92 Å². The van der Waals surface area contributed by atoms with Crippen LogP contribution in [0.15, 0.2) is 0 Å². The van der Waals surface area contributed by atoms with Gasteiger partial charge < -0.3 is 14.2 Å². The van der Waals surface area contributed by atoms with Crippen LogP contribution in [0.5, 0.6) is 0 Å². The maximum absolute atomic E-state index is 11.5. The average Bonchev–Trinajstić information content (AvgIpc) is 2.58. The highest BCUT2D eigenvalue weighted by molar-refractivity contribution is 5.83. The molecule has 1 rings (SSSR count). The van der Waals surface area contributed by atoms with E-state index < -0.39 is 30.4 Å². The van der Waals surface area contributed by atoms with E-state index in [1.165, 1.54) is 13.8 Å². The lowest BCUT2D eigenvalue weighted by molar-refractivity contribution is -0.194. The summed E-state index contributed by atoms with van der Waals surface area (Å²) >= 11 is 0. The van der Waals surface area contributed by atoms with Gasteiger partial charge in [-0.1, -0.05) is 6.92 Å². The molecule has 0 aliphatic carbocycles. The van der Waals surface area contributed by atoms with E-state index in [4.69, 9.17) is 14.2 Å². The summed E-state index contributed by atoms with van der Waals surface area (Å²) < 4.78 is 15.1. The van der Waals surface area contributed by atoms with Crippen molar-refractivity contribution in [2.75, 3.05) is 0 Å². The predicted octanol–water partition coefficient (Wildman–Crippen LogP) is 0.575. The third-order valence-electron chi connectivity index (χ3n) is 2.36. The summed E-state index contributed by atoms with van der Waals surface area (Å²) in [5, 5.41) is 0. The van der Waals surface area contributed by atoms with Crippen molar-refractivity contribution in [3.8, 4) is 0 Å². The molecule has 1 aliphatic rings. The Morgan fingerprint density at radius 2 is 1.76 bits per heavy atom. The zero-order valence-corrected chi connectivity index (χ0v) is 10.1. The lowest BCUT2D eigenvalue weighted by atomic mass is 10.1. The molecule has 0 spiro atoms. The summed E-state index contributed by atoms with van der Waals surface area (Å²) in [6.45, 7) is 4.19. The van der Waals surface area contributed by atoms with E-state index >= 15 is 0 Å². The molecule has 0 radical (unpaired) electrons. The molecule has 17 heavy (non-hydrogen) atoms. The first-order valence-electron chi connectivity index (χ1n) is 5.46. The molecule has 0 saturated carbocycles. The molecular weight excluding hydrogens is 228 g/mol. The van der Waals surface area contributed by atoms with Gasteiger partial charge in [-0.15, -0.1) is 0 Å². The normalized spacial score (nSPS) is 27.6. The summed E-state index contributed by atoms with van der Waals surface area (Å²) in [6, 6.07) is 0. The molecule has 6 nitrogen and oxygen atoms in total. The predicted molar refractivity (Wildman–Crippen MR) is 55.9 cm³/mol. The van der Waals surface area contributed by atoms with Crippen LogP contribution in [0, 0.1) is 0 Å². The second kappa shape index (κ2) is 5.77. The summed E-state index contributed by atoms with van der Waals surface area (Å²) in [5.41, 5.74) is 0. The number of ether oxygens (including phenoxy) is 3. The lowest BCUT2D eigenvalue weighted by Crippen LogP contribution is -2.30. The van der Waals surface area contributed by atoms with Crippen molar-refractivity contribution < 1.29 is 28.6 Å². The minimum absolute atomic E-state index is 0.100. The van der Waals surface area contributed by atoms with Gasteiger partial charge in [-0.2, -0.15) is 0 Å². The van der Waals surface area contributed by atoms with Gasteiger partial charge >= 0.3 is 11.9 Å². The zero-order chi connectivity index (χ0) is 13.0. The summed E-state index contributed by atoms with van der Waals surface area (Å²) in [5.74, 6) is -1.14. The molecule has 1 aliphatic heterocycles. The van der Waals surface area contributed by atoms with E-state index in [1.807, 2.05) is 0 Å². The Morgan fingerprint density at radius 1 is 1.18 bits per heavy atom. The SMILES string of the molecule is CCC(=O)[C@@H]1C[C@@H](OC(C)=O)[C@H](OC(C)=O)O1. The van der Waals surface area contributed by atoms with Crippen LogP contribution in [-0.2, 0) is 28.6 Å². The van der Waals surface area contributed by atoms with Crippen molar-refractivity contribution in [2.24, 2.45) is 0 Å². The first kappa shape index (κ1) is 13.6. The van der Waals surface area contributed by atoms with Crippen LogP contribution in [0.4, 0.5) is 0 Å². The highest BCUT2D eigenvalue weighted by atomic mass is 16.7. The van der Waals surface area contributed by atoms with Crippen molar-refractivity contribution in [2.45, 2.75) is 52.1 Å². The second-order valence-electron chi connectivity index (χ2n) is 3.81. The Morgan fingerprint density at radius 3 is 2.24 bits per heavy atom. The quantitative estimate of drug-likeness (QED) is 0.673. The number of carbonyl (C=O) groups excluding carboxylic acids is 3. The van der Waals surface area contributed by atoms with Crippen LogP contribution in [0.25, 0.3) is 0 Å². The van der Waals surface area contributed by atoms with Gasteiger partial charge in [0.2, 0.25) is 6.29 Å². The highest BCUT2D eigenvalue weighted by Gasteiger charge is 2.42. The third-order valence-corrected chi connectivity index (χ3v) is 2.36. The molecule has 0 amide bonds. The highest BCUT2D eigenvalue weighted by Crippen LogP contribution is 2.25. The zero-order valence-electron chi connectivity index (χ0n) is 10.1. The van der Waals surface area contributed by atoms with Crippen molar-refractivity contribution in [1.29, 1.82) is 0 Å². The summed E-state index contributed by atoms with van der Waals surface area (Å²) in [4.78, 5) is 33.2. The van der Waals surface area contributed by atoms with Gasteiger partial charge in [-0.25, -0.2) is 0 Å². The first-order valence-corrected chi connectivity index (χ1v) is 5.46. The van der Waals surface area contributed by atoms with Gasteiger partial charge in [-0.05, 0) is 0 Å². The van der Waals surface area contributed by atoms with Crippen LogP contribution in [-0.4, -0.2) is 36.2 Å². The molecule has 0 unspecified atom stereocenters. The van der Waals surface area contributed by atoms with Gasteiger partial charge in [0.05, 0.1) is 0 Å². The molecule has 0 aromatic rings. The van der Waals surface area contributed by atoms with Crippen LogP contribution in [0.2, 0.25) is 0 Å². The molecule has 0 aromatic carbocycles. The second-order valence-corrected chi connectivity index (χ2v) is 3.81. The van der Waals surface area contributed by atoms with Crippen molar-refractivity contribution in [3.05, 3.63) is 0 Å². The molecule has 1 saturated heterocycles. The molecule has 0 N–H and O–H groups in total. The molecule has 96 valence electrons. The topological polar surface area (TPSA) is 78.9 Å². The third kappa shape index (κ3) is 3.81. The largest absolute Gasteiger partial charge is 0.456 e. The van der Waals surface area contributed by atoms with Crippen molar-refractivity contribution in [1.82, 2.24) is 0 Å². The average molecular weight is 244 g/mol. The number of rotatable bonds is 4. The lowest BCUT2D eigenvalue weighted by Gasteiger charge is -2.17. The minimum Gasteiger partial charge on any atom is -0.456 e. The van der Waals surface area contributed by atoms with Gasteiger partial charge in [-0.3, -0.25) is 14.4 Å². The van der Waals surface area contributed by atoms with Gasteiger partial charge in [0.15, 0.2) is 11.9 Å². The molecule has 6 heteroatoms. The van der Waals surface area contributed by atoms with Crippen molar-refractivity contribution in [3.63, 3.8) is 0 Å². The first-order chi connectivity index (χ1) is 7.93. The Hall–Kier alpha value is -1.43. The van der Waals surface area contributed by atoms with Gasteiger partial charge in [0.25, 0.3) is 0 Å². The van der Waals surface area contributed by atoms with Crippen LogP contribution < -0.4 is 0 Å². The molecular formula is C11H16O6. The number of hydrogen-bond donors (Lipinski definition) is 0. The standard InChI is InChI=1S/C11H16O6/c1-4-8(14)9-5-10(15-6(2)12)11(17-9)16-7(3)13/h9-11H,4-5H2,1-3H3/t9-,10+,11+/m0/s1. The number of hydrogen-bond acceptors (Lipinski definition) is 6. The fraction of sp³-hybridized carbons (Fsp3) is 0.727. The molecule has 3 atom stereocenters. The van der Waals surface area contributed by atoms with E-state index in [-0.39, 0.29) is 12.2 Å². The van der Waals surface area contributed by atoms with Crippen LogP contribution >= 0.6 is 0 Å².